The first-order chi connectivity index (χ1) is 13.7. The average Bonchev–Trinajstić information content (AvgIpc) is 3.22. The number of benzene rings is 2. The predicted molar refractivity (Wildman–Crippen MR) is 112 cm³/mol. The molecule has 28 heavy (non-hydrogen) atoms. The molecule has 5 heteroatoms. The zero-order chi connectivity index (χ0) is 19.3. The van der Waals surface area contributed by atoms with Crippen LogP contribution in [0.1, 0.15) is 23.2 Å². The lowest BCUT2D eigenvalue weighted by atomic mass is 9.99. The van der Waals surface area contributed by atoms with Crippen LogP contribution in [-0.4, -0.2) is 53.7 Å². The minimum Gasteiger partial charge on any atom is -0.396 e. The third-order valence-corrected chi connectivity index (χ3v) is 5.61. The SMILES string of the molecule is O=C(NCCN1CCC[C@@H](CO)C1)c1ccc(-c2ccc3[nH]ccc3c2)cc1. The number of hydrogen-bond donors (Lipinski definition) is 3. The summed E-state index contributed by atoms with van der Waals surface area (Å²) in [5, 5.41) is 13.5. The van der Waals surface area contributed by atoms with Crippen LogP contribution in [-0.2, 0) is 0 Å². The molecular formula is C23H27N3O2. The van der Waals surface area contributed by atoms with Gasteiger partial charge in [0.2, 0.25) is 0 Å². The Kier molecular flexibility index (Phi) is 5.74. The van der Waals surface area contributed by atoms with E-state index < -0.39 is 0 Å². The predicted octanol–water partition coefficient (Wildman–Crippen LogP) is 3.27. The van der Waals surface area contributed by atoms with Gasteiger partial charge in [-0.15, -0.1) is 0 Å². The van der Waals surface area contributed by atoms with Crippen molar-refractivity contribution >= 4 is 16.8 Å². The van der Waals surface area contributed by atoms with Gasteiger partial charge in [0.15, 0.2) is 0 Å². The van der Waals surface area contributed by atoms with E-state index in [0.29, 0.717) is 18.0 Å². The first-order valence-electron chi connectivity index (χ1n) is 10.0. The monoisotopic (exact) mass is 377 g/mol. The van der Waals surface area contributed by atoms with Gasteiger partial charge in [0.25, 0.3) is 5.91 Å². The number of aliphatic hydroxyl groups excluding tert-OH is 1. The molecule has 1 atom stereocenters. The molecule has 0 spiro atoms. The number of amides is 1. The van der Waals surface area contributed by atoms with Crippen molar-refractivity contribution in [1.29, 1.82) is 0 Å². The zero-order valence-corrected chi connectivity index (χ0v) is 16.0. The summed E-state index contributed by atoms with van der Waals surface area (Å²) in [6.07, 6.45) is 4.16. The van der Waals surface area contributed by atoms with Crippen molar-refractivity contribution in [1.82, 2.24) is 15.2 Å². The van der Waals surface area contributed by atoms with Crippen LogP contribution in [0.15, 0.2) is 54.7 Å². The first kappa shape index (κ1) is 18.7. The Hall–Kier alpha value is -2.63. The zero-order valence-electron chi connectivity index (χ0n) is 16.0. The van der Waals surface area contributed by atoms with Crippen LogP contribution in [0.25, 0.3) is 22.0 Å². The smallest absolute Gasteiger partial charge is 0.251 e. The van der Waals surface area contributed by atoms with Crippen molar-refractivity contribution in [2.45, 2.75) is 12.8 Å². The number of aromatic amines is 1. The van der Waals surface area contributed by atoms with Crippen LogP contribution in [0.3, 0.4) is 0 Å². The number of hydrogen-bond acceptors (Lipinski definition) is 3. The highest BCUT2D eigenvalue weighted by molar-refractivity contribution is 5.95. The number of aliphatic hydroxyl groups is 1. The van der Waals surface area contributed by atoms with E-state index in [1.807, 2.05) is 30.5 Å². The Balaban J connectivity index is 1.32. The van der Waals surface area contributed by atoms with Gasteiger partial charge in [-0.1, -0.05) is 18.2 Å². The van der Waals surface area contributed by atoms with Crippen LogP contribution < -0.4 is 5.32 Å². The molecule has 0 bridgehead atoms. The molecule has 2 heterocycles. The molecule has 1 aliphatic heterocycles. The summed E-state index contributed by atoms with van der Waals surface area (Å²) in [6.45, 7) is 3.69. The van der Waals surface area contributed by atoms with Crippen molar-refractivity contribution < 1.29 is 9.90 Å². The quantitative estimate of drug-likeness (QED) is 0.618. The van der Waals surface area contributed by atoms with E-state index in [2.05, 4.69) is 39.5 Å². The Morgan fingerprint density at radius 2 is 1.96 bits per heavy atom. The van der Waals surface area contributed by atoms with Crippen LogP contribution in [0.5, 0.6) is 0 Å². The summed E-state index contributed by atoms with van der Waals surface area (Å²) in [4.78, 5) is 17.9. The molecule has 1 aliphatic rings. The first-order valence-corrected chi connectivity index (χ1v) is 10.0. The van der Waals surface area contributed by atoms with Gasteiger partial charge in [0.1, 0.15) is 0 Å². The number of piperidine rings is 1. The lowest BCUT2D eigenvalue weighted by Gasteiger charge is -2.31. The van der Waals surface area contributed by atoms with Crippen molar-refractivity contribution in [2.24, 2.45) is 5.92 Å². The highest BCUT2D eigenvalue weighted by Gasteiger charge is 2.18. The van der Waals surface area contributed by atoms with Crippen molar-refractivity contribution in [3.05, 3.63) is 60.3 Å². The fraction of sp³-hybridized carbons (Fsp3) is 0.348. The van der Waals surface area contributed by atoms with Crippen LogP contribution in [0, 0.1) is 5.92 Å². The van der Waals surface area contributed by atoms with Gasteiger partial charge in [0, 0.05) is 43.5 Å². The Bertz CT molecular complexity index is 932. The fourth-order valence-electron chi connectivity index (χ4n) is 3.98. The van der Waals surface area contributed by atoms with Gasteiger partial charge in [-0.25, -0.2) is 0 Å². The topological polar surface area (TPSA) is 68.4 Å². The van der Waals surface area contributed by atoms with E-state index in [0.717, 1.165) is 49.1 Å². The Morgan fingerprint density at radius 3 is 2.79 bits per heavy atom. The van der Waals surface area contributed by atoms with Crippen molar-refractivity contribution in [3.8, 4) is 11.1 Å². The summed E-state index contributed by atoms with van der Waals surface area (Å²) < 4.78 is 0. The van der Waals surface area contributed by atoms with Crippen molar-refractivity contribution in [2.75, 3.05) is 32.8 Å². The lowest BCUT2D eigenvalue weighted by molar-refractivity contribution is 0.0930. The second-order valence-electron chi connectivity index (χ2n) is 7.60. The number of likely N-dealkylation sites (tertiary alicyclic amines) is 1. The van der Waals surface area contributed by atoms with E-state index in [4.69, 9.17) is 0 Å². The number of nitrogens with one attached hydrogen (secondary N) is 2. The molecule has 0 unspecified atom stereocenters. The van der Waals surface area contributed by atoms with E-state index in [-0.39, 0.29) is 12.5 Å². The van der Waals surface area contributed by atoms with Gasteiger partial charge >= 0.3 is 0 Å². The number of carbonyl (C=O) groups excluding carboxylic acids is 1. The van der Waals surface area contributed by atoms with E-state index >= 15 is 0 Å². The molecule has 2 aromatic carbocycles. The molecule has 4 rings (SSSR count). The molecule has 5 nitrogen and oxygen atoms in total. The number of rotatable bonds is 6. The summed E-state index contributed by atoms with van der Waals surface area (Å²) in [5.74, 6) is 0.339. The van der Waals surface area contributed by atoms with Gasteiger partial charge in [-0.05, 0) is 72.1 Å². The van der Waals surface area contributed by atoms with Gasteiger partial charge in [-0.2, -0.15) is 0 Å². The lowest BCUT2D eigenvalue weighted by Crippen LogP contribution is -2.41. The molecule has 1 saturated heterocycles. The highest BCUT2D eigenvalue weighted by atomic mass is 16.3. The van der Waals surface area contributed by atoms with E-state index in [9.17, 15) is 9.90 Å². The van der Waals surface area contributed by atoms with E-state index in [1.54, 1.807) is 0 Å². The summed E-state index contributed by atoms with van der Waals surface area (Å²) >= 11 is 0. The maximum absolute atomic E-state index is 12.4. The van der Waals surface area contributed by atoms with Crippen LogP contribution >= 0.6 is 0 Å². The Morgan fingerprint density at radius 1 is 1.14 bits per heavy atom. The van der Waals surface area contributed by atoms with Crippen LogP contribution in [0.2, 0.25) is 0 Å². The normalized spacial score (nSPS) is 17.7. The number of nitrogens with zero attached hydrogens (tertiary/aromatic N) is 1. The fourth-order valence-corrected chi connectivity index (χ4v) is 3.98. The second kappa shape index (κ2) is 8.59. The average molecular weight is 377 g/mol. The number of aromatic nitrogens is 1. The Labute approximate surface area is 165 Å². The maximum Gasteiger partial charge on any atom is 0.251 e. The number of H-pyrrole nitrogens is 1. The summed E-state index contributed by atoms with van der Waals surface area (Å²) in [6, 6.07) is 16.1. The molecule has 0 aliphatic carbocycles. The number of fused-ring (bicyclic) bond motifs is 1. The number of carbonyl (C=O) groups is 1. The molecular weight excluding hydrogens is 350 g/mol. The minimum atomic E-state index is -0.0386. The summed E-state index contributed by atoms with van der Waals surface area (Å²) in [5.41, 5.74) is 4.04. The van der Waals surface area contributed by atoms with Gasteiger partial charge < -0.3 is 20.3 Å². The largest absolute Gasteiger partial charge is 0.396 e. The van der Waals surface area contributed by atoms with E-state index in [1.165, 1.54) is 5.39 Å². The molecule has 1 aromatic heterocycles. The molecule has 3 aromatic rings. The van der Waals surface area contributed by atoms with Gasteiger partial charge in [0.05, 0.1) is 0 Å². The maximum atomic E-state index is 12.4. The summed E-state index contributed by atoms with van der Waals surface area (Å²) in [7, 11) is 0. The molecule has 1 amide bonds. The third kappa shape index (κ3) is 4.26. The minimum absolute atomic E-state index is 0.0386. The molecule has 1 fully saturated rings. The van der Waals surface area contributed by atoms with Gasteiger partial charge in [-0.3, -0.25) is 4.79 Å². The van der Waals surface area contributed by atoms with Crippen molar-refractivity contribution in [3.63, 3.8) is 0 Å². The third-order valence-electron chi connectivity index (χ3n) is 5.61. The molecule has 0 saturated carbocycles. The molecule has 3 N–H and O–H groups in total. The van der Waals surface area contributed by atoms with Crippen LogP contribution in [0.4, 0.5) is 0 Å². The second-order valence-corrected chi connectivity index (χ2v) is 7.60. The highest BCUT2D eigenvalue weighted by Crippen LogP contribution is 2.24. The standard InChI is InChI=1S/C23H27N3O2/c27-16-17-2-1-12-26(15-17)13-11-25-23(28)19-5-3-18(4-6-19)20-7-8-22-21(14-20)9-10-24-22/h3-10,14,17,24,27H,1-2,11-13,15-16H2,(H,25,28)/t17-/m1/s1. The molecule has 146 valence electrons. The molecule has 0 radical (unpaired) electrons.